The van der Waals surface area contributed by atoms with Crippen molar-refractivity contribution in [1.29, 1.82) is 0 Å². The van der Waals surface area contributed by atoms with E-state index in [4.69, 9.17) is 9.47 Å². The van der Waals surface area contributed by atoms with Crippen LogP contribution in [0.4, 0.5) is 0 Å². The third-order valence-corrected chi connectivity index (χ3v) is 6.19. The van der Waals surface area contributed by atoms with Gasteiger partial charge in [0.05, 0.1) is 19.1 Å². The number of carbonyl (C=O) groups excluding carboxylic acids is 1. The number of benzene rings is 3. The predicted octanol–water partition coefficient (Wildman–Crippen LogP) is 4.80. The highest BCUT2D eigenvalue weighted by molar-refractivity contribution is 7.99. The molecule has 1 aromatic heterocycles. The Hall–Kier alpha value is -4.11. The average Bonchev–Trinajstić information content (AvgIpc) is 3.35. The molecule has 0 aliphatic heterocycles. The Morgan fingerprint density at radius 3 is 2.50 bits per heavy atom. The second-order valence-corrected chi connectivity index (χ2v) is 8.63. The third-order valence-electron chi connectivity index (χ3n) is 5.23. The van der Waals surface area contributed by atoms with Crippen LogP contribution in [0.1, 0.15) is 18.1 Å². The molecule has 36 heavy (non-hydrogen) atoms. The minimum Gasteiger partial charge on any atom is -0.493 e. The summed E-state index contributed by atoms with van der Waals surface area (Å²) in [5, 5.41) is 13.3. The summed E-state index contributed by atoms with van der Waals surface area (Å²) in [4.78, 5) is 12.3. The molecule has 0 aliphatic carbocycles. The monoisotopic (exact) mass is 501 g/mol. The summed E-state index contributed by atoms with van der Waals surface area (Å²) in [5.74, 6) is 1.93. The molecule has 0 atom stereocenters. The first-order valence-electron chi connectivity index (χ1n) is 11.5. The lowest BCUT2D eigenvalue weighted by molar-refractivity contribution is -0.118. The maximum Gasteiger partial charge on any atom is 0.250 e. The molecule has 4 aromatic rings. The Morgan fingerprint density at radius 2 is 1.78 bits per heavy atom. The lowest BCUT2D eigenvalue weighted by atomic mass is 10.2. The first kappa shape index (κ1) is 25.0. The van der Waals surface area contributed by atoms with E-state index in [1.165, 1.54) is 11.8 Å². The zero-order chi connectivity index (χ0) is 25.2. The van der Waals surface area contributed by atoms with Gasteiger partial charge in [-0.2, -0.15) is 5.10 Å². The van der Waals surface area contributed by atoms with Crippen LogP contribution in [0.2, 0.25) is 0 Å². The van der Waals surface area contributed by atoms with Crippen molar-refractivity contribution in [1.82, 2.24) is 20.2 Å². The Morgan fingerprint density at radius 1 is 1.03 bits per heavy atom. The van der Waals surface area contributed by atoms with E-state index in [1.807, 2.05) is 84.3 Å². The van der Waals surface area contributed by atoms with E-state index in [9.17, 15) is 4.79 Å². The van der Waals surface area contributed by atoms with Crippen molar-refractivity contribution < 1.29 is 14.3 Å². The number of hydrogen-bond acceptors (Lipinski definition) is 7. The van der Waals surface area contributed by atoms with Crippen molar-refractivity contribution in [3.8, 4) is 22.9 Å². The summed E-state index contributed by atoms with van der Waals surface area (Å²) < 4.78 is 13.3. The van der Waals surface area contributed by atoms with Crippen molar-refractivity contribution in [3.05, 3.63) is 90.0 Å². The minimum atomic E-state index is -0.238. The predicted molar refractivity (Wildman–Crippen MR) is 141 cm³/mol. The molecule has 0 saturated carbocycles. The van der Waals surface area contributed by atoms with Gasteiger partial charge < -0.3 is 14.0 Å². The Kier molecular flexibility index (Phi) is 8.72. The van der Waals surface area contributed by atoms with Crippen LogP contribution in [-0.4, -0.2) is 39.7 Å². The fourth-order valence-electron chi connectivity index (χ4n) is 3.44. The zero-order valence-electron chi connectivity index (χ0n) is 20.1. The van der Waals surface area contributed by atoms with E-state index in [2.05, 4.69) is 20.7 Å². The van der Waals surface area contributed by atoms with E-state index in [1.54, 1.807) is 19.4 Å². The fraction of sp³-hybridized carbons (Fsp3) is 0.185. The summed E-state index contributed by atoms with van der Waals surface area (Å²) in [7, 11) is 1.59. The number of nitrogens with zero attached hydrogens (tertiary/aromatic N) is 4. The largest absolute Gasteiger partial charge is 0.493 e. The maximum atomic E-state index is 12.3. The number of rotatable bonds is 11. The number of nitrogens with one attached hydrogen (secondary N) is 1. The molecule has 1 amide bonds. The lowest BCUT2D eigenvalue weighted by Gasteiger charge is -2.11. The molecule has 0 aliphatic rings. The molecule has 0 fully saturated rings. The molecule has 0 radical (unpaired) electrons. The summed E-state index contributed by atoms with van der Waals surface area (Å²) in [6.45, 7) is 3.17. The van der Waals surface area contributed by atoms with Gasteiger partial charge in [-0.15, -0.1) is 10.2 Å². The molecule has 0 bridgehead atoms. The van der Waals surface area contributed by atoms with Crippen LogP contribution >= 0.6 is 11.8 Å². The van der Waals surface area contributed by atoms with Gasteiger partial charge in [-0.05, 0) is 36.2 Å². The number of hydrazone groups is 1. The molecule has 0 spiro atoms. The van der Waals surface area contributed by atoms with Crippen molar-refractivity contribution >= 4 is 23.9 Å². The van der Waals surface area contributed by atoms with E-state index in [0.29, 0.717) is 29.8 Å². The minimum absolute atomic E-state index is 0.167. The molecular weight excluding hydrogens is 474 g/mol. The van der Waals surface area contributed by atoms with Crippen molar-refractivity contribution in [2.24, 2.45) is 5.10 Å². The number of carbonyl (C=O) groups is 1. The van der Waals surface area contributed by atoms with Gasteiger partial charge in [0.1, 0.15) is 6.61 Å². The van der Waals surface area contributed by atoms with E-state index >= 15 is 0 Å². The second kappa shape index (κ2) is 12.6. The highest BCUT2D eigenvalue weighted by atomic mass is 32.2. The Balaban J connectivity index is 1.30. The Bertz CT molecular complexity index is 1310. The molecule has 4 rings (SSSR count). The van der Waals surface area contributed by atoms with E-state index in [-0.39, 0.29) is 11.7 Å². The molecule has 9 heteroatoms. The third kappa shape index (κ3) is 6.51. The molecule has 0 saturated heterocycles. The average molecular weight is 502 g/mol. The van der Waals surface area contributed by atoms with Gasteiger partial charge in [-0.25, -0.2) is 5.43 Å². The van der Waals surface area contributed by atoms with E-state index < -0.39 is 0 Å². The lowest BCUT2D eigenvalue weighted by Crippen LogP contribution is -2.20. The van der Waals surface area contributed by atoms with Gasteiger partial charge in [0.25, 0.3) is 5.91 Å². The van der Waals surface area contributed by atoms with Crippen LogP contribution in [0.25, 0.3) is 11.4 Å². The number of aromatic nitrogens is 3. The van der Waals surface area contributed by atoms with Crippen LogP contribution < -0.4 is 14.9 Å². The first-order valence-corrected chi connectivity index (χ1v) is 12.4. The SMILES string of the molecule is CCn1c(SCC(=O)N/N=C/c2ccc(OCc3ccccc3)c(OC)c2)nnc1-c1ccccc1. The first-order chi connectivity index (χ1) is 17.7. The second-order valence-electron chi connectivity index (χ2n) is 7.68. The van der Waals surface area contributed by atoms with Crippen molar-refractivity contribution in [2.45, 2.75) is 25.2 Å². The zero-order valence-corrected chi connectivity index (χ0v) is 20.9. The number of ether oxygens (including phenoxy) is 2. The normalized spacial score (nSPS) is 10.9. The van der Waals surface area contributed by atoms with Gasteiger partial charge in [-0.1, -0.05) is 72.4 Å². The topological polar surface area (TPSA) is 90.6 Å². The van der Waals surface area contributed by atoms with Crippen molar-refractivity contribution in [3.63, 3.8) is 0 Å². The van der Waals surface area contributed by atoms with Crippen LogP contribution in [0.15, 0.2) is 89.1 Å². The molecule has 1 heterocycles. The van der Waals surface area contributed by atoms with Crippen molar-refractivity contribution in [2.75, 3.05) is 12.9 Å². The summed E-state index contributed by atoms with van der Waals surface area (Å²) in [5.41, 5.74) is 5.38. The molecule has 3 aromatic carbocycles. The smallest absolute Gasteiger partial charge is 0.250 e. The van der Waals surface area contributed by atoms with Gasteiger partial charge in [-0.3, -0.25) is 4.79 Å². The van der Waals surface area contributed by atoms with Gasteiger partial charge in [0.15, 0.2) is 22.5 Å². The van der Waals surface area contributed by atoms with Gasteiger partial charge >= 0.3 is 0 Å². The van der Waals surface area contributed by atoms with Crippen LogP contribution in [0.5, 0.6) is 11.5 Å². The highest BCUT2D eigenvalue weighted by Gasteiger charge is 2.14. The number of hydrogen-bond donors (Lipinski definition) is 1. The number of amides is 1. The summed E-state index contributed by atoms with van der Waals surface area (Å²) in [6, 6.07) is 25.3. The highest BCUT2D eigenvalue weighted by Crippen LogP contribution is 2.28. The van der Waals surface area contributed by atoms with E-state index in [0.717, 1.165) is 22.5 Å². The van der Waals surface area contributed by atoms with Gasteiger partial charge in [0, 0.05) is 12.1 Å². The quantitative estimate of drug-likeness (QED) is 0.180. The molecule has 184 valence electrons. The van der Waals surface area contributed by atoms with Gasteiger partial charge in [0.2, 0.25) is 0 Å². The van der Waals surface area contributed by atoms with Crippen LogP contribution in [-0.2, 0) is 17.9 Å². The number of methoxy groups -OCH3 is 1. The molecule has 8 nitrogen and oxygen atoms in total. The standard InChI is InChI=1S/C27H27N5O3S/c1-3-32-26(22-12-8-5-9-13-22)30-31-27(32)36-19-25(33)29-28-17-21-14-15-23(24(16-21)34-2)35-18-20-10-6-4-7-11-20/h4-17H,3,18-19H2,1-2H3,(H,29,33)/b28-17+. The number of thioether (sulfide) groups is 1. The summed E-state index contributed by atoms with van der Waals surface area (Å²) in [6.07, 6.45) is 1.56. The maximum absolute atomic E-state index is 12.3. The molecular formula is C27H27N5O3S. The fourth-order valence-corrected chi connectivity index (χ4v) is 4.24. The molecule has 1 N–H and O–H groups in total. The molecule has 0 unspecified atom stereocenters. The van der Waals surface area contributed by atoms with Crippen LogP contribution in [0, 0.1) is 0 Å². The summed E-state index contributed by atoms with van der Waals surface area (Å²) >= 11 is 1.32. The Labute approximate surface area is 214 Å². The van der Waals surface area contributed by atoms with Crippen LogP contribution in [0.3, 0.4) is 0 Å².